The number of amides is 1. The Labute approximate surface area is 98.1 Å². The van der Waals surface area contributed by atoms with E-state index in [-0.39, 0.29) is 11.4 Å². The maximum atomic E-state index is 11.7. The van der Waals surface area contributed by atoms with Crippen LogP contribution in [-0.4, -0.2) is 11.4 Å². The van der Waals surface area contributed by atoms with Gasteiger partial charge in [-0.05, 0) is 38.3 Å². The summed E-state index contributed by atoms with van der Waals surface area (Å²) in [6.07, 6.45) is 1.50. The molecule has 0 aliphatic carbocycles. The zero-order valence-corrected chi connectivity index (χ0v) is 10.6. The van der Waals surface area contributed by atoms with Gasteiger partial charge in [0.25, 0.3) is 0 Å². The fourth-order valence-electron chi connectivity index (χ4n) is 1.54. The van der Waals surface area contributed by atoms with Crippen molar-refractivity contribution in [1.29, 1.82) is 0 Å². The highest BCUT2D eigenvalue weighted by molar-refractivity contribution is 5.79. The van der Waals surface area contributed by atoms with E-state index in [1.54, 1.807) is 0 Å². The van der Waals surface area contributed by atoms with Crippen molar-refractivity contribution < 1.29 is 4.79 Å². The Morgan fingerprint density at radius 1 is 1.12 bits per heavy atom. The summed E-state index contributed by atoms with van der Waals surface area (Å²) in [4.78, 5) is 11.7. The van der Waals surface area contributed by atoms with Gasteiger partial charge in [0, 0.05) is 5.54 Å². The van der Waals surface area contributed by atoms with E-state index in [1.165, 1.54) is 5.56 Å². The summed E-state index contributed by atoms with van der Waals surface area (Å²) in [6.45, 7) is 8.10. The molecule has 0 saturated heterocycles. The Kier molecular flexibility index (Phi) is 4.11. The lowest BCUT2D eigenvalue weighted by molar-refractivity contribution is -0.121. The van der Waals surface area contributed by atoms with Crippen LogP contribution in [0.3, 0.4) is 0 Å². The van der Waals surface area contributed by atoms with E-state index in [1.807, 2.05) is 32.9 Å². The van der Waals surface area contributed by atoms with Crippen LogP contribution < -0.4 is 5.32 Å². The third kappa shape index (κ3) is 4.47. The van der Waals surface area contributed by atoms with Gasteiger partial charge >= 0.3 is 0 Å². The number of aryl methyl sites for hydroxylation is 1. The first-order valence-corrected chi connectivity index (χ1v) is 5.79. The Hall–Kier alpha value is -1.31. The van der Waals surface area contributed by atoms with Gasteiger partial charge in [-0.2, -0.15) is 0 Å². The van der Waals surface area contributed by atoms with E-state index in [0.29, 0.717) is 6.42 Å². The molecule has 0 unspecified atom stereocenters. The molecular weight excluding hydrogens is 198 g/mol. The van der Waals surface area contributed by atoms with Crippen LogP contribution >= 0.6 is 0 Å². The Bertz CT molecular complexity index is 346. The molecule has 0 atom stereocenters. The normalized spacial score (nSPS) is 11.2. The lowest BCUT2D eigenvalue weighted by atomic mass is 10.1. The van der Waals surface area contributed by atoms with Gasteiger partial charge in [-0.1, -0.05) is 31.2 Å². The average molecular weight is 219 g/mol. The van der Waals surface area contributed by atoms with E-state index in [0.717, 1.165) is 12.0 Å². The van der Waals surface area contributed by atoms with Gasteiger partial charge in [-0.15, -0.1) is 0 Å². The number of rotatable bonds is 3. The minimum Gasteiger partial charge on any atom is -0.351 e. The van der Waals surface area contributed by atoms with Gasteiger partial charge in [0.1, 0.15) is 0 Å². The molecule has 0 aliphatic rings. The number of nitrogens with one attached hydrogen (secondary N) is 1. The van der Waals surface area contributed by atoms with Crippen LogP contribution in [0.15, 0.2) is 24.3 Å². The average Bonchev–Trinajstić information content (AvgIpc) is 2.16. The van der Waals surface area contributed by atoms with E-state index in [2.05, 4.69) is 24.4 Å². The first kappa shape index (κ1) is 12.8. The Balaban J connectivity index is 2.56. The number of hydrogen-bond acceptors (Lipinski definition) is 1. The first-order chi connectivity index (χ1) is 7.40. The van der Waals surface area contributed by atoms with Crippen LogP contribution in [0.2, 0.25) is 0 Å². The quantitative estimate of drug-likeness (QED) is 0.832. The number of carbonyl (C=O) groups is 1. The van der Waals surface area contributed by atoms with Gasteiger partial charge in [0.05, 0.1) is 6.42 Å². The Morgan fingerprint density at radius 3 is 2.06 bits per heavy atom. The summed E-state index contributed by atoms with van der Waals surface area (Å²) in [6, 6.07) is 8.22. The van der Waals surface area contributed by atoms with Crippen molar-refractivity contribution in [2.24, 2.45) is 0 Å². The molecule has 0 spiro atoms. The highest BCUT2D eigenvalue weighted by Crippen LogP contribution is 2.07. The van der Waals surface area contributed by atoms with Crippen molar-refractivity contribution in [1.82, 2.24) is 5.32 Å². The highest BCUT2D eigenvalue weighted by Gasteiger charge is 2.13. The number of carbonyl (C=O) groups excluding carboxylic acids is 1. The standard InChI is InChI=1S/C14H21NO/c1-5-11-6-8-12(9-7-11)10-13(16)15-14(2,3)4/h6-9H,5,10H2,1-4H3,(H,15,16). The molecule has 1 aromatic carbocycles. The third-order valence-corrected chi connectivity index (χ3v) is 2.31. The van der Waals surface area contributed by atoms with Crippen molar-refractivity contribution in [3.63, 3.8) is 0 Å². The minimum absolute atomic E-state index is 0.0803. The summed E-state index contributed by atoms with van der Waals surface area (Å²) < 4.78 is 0. The van der Waals surface area contributed by atoms with E-state index < -0.39 is 0 Å². The van der Waals surface area contributed by atoms with Gasteiger partial charge in [-0.25, -0.2) is 0 Å². The summed E-state index contributed by atoms with van der Waals surface area (Å²) >= 11 is 0. The maximum Gasteiger partial charge on any atom is 0.224 e. The molecule has 0 saturated carbocycles. The van der Waals surface area contributed by atoms with Crippen molar-refractivity contribution >= 4 is 5.91 Å². The third-order valence-electron chi connectivity index (χ3n) is 2.31. The molecule has 16 heavy (non-hydrogen) atoms. The zero-order valence-electron chi connectivity index (χ0n) is 10.6. The molecular formula is C14H21NO. The van der Waals surface area contributed by atoms with Crippen molar-refractivity contribution in [2.75, 3.05) is 0 Å². The summed E-state index contributed by atoms with van der Waals surface area (Å²) in [5.41, 5.74) is 2.22. The summed E-state index contributed by atoms with van der Waals surface area (Å²) in [5, 5.41) is 2.96. The van der Waals surface area contributed by atoms with Crippen molar-refractivity contribution in [2.45, 2.75) is 46.1 Å². The second-order valence-corrected chi connectivity index (χ2v) is 5.15. The molecule has 88 valence electrons. The van der Waals surface area contributed by atoms with Crippen LogP contribution in [0.5, 0.6) is 0 Å². The first-order valence-electron chi connectivity index (χ1n) is 5.79. The molecule has 0 bridgehead atoms. The van der Waals surface area contributed by atoms with Crippen molar-refractivity contribution in [3.8, 4) is 0 Å². The predicted octanol–water partition coefficient (Wildman–Crippen LogP) is 2.71. The SMILES string of the molecule is CCc1ccc(CC(=O)NC(C)(C)C)cc1. The van der Waals surface area contributed by atoms with Gasteiger partial charge in [0.15, 0.2) is 0 Å². The molecule has 0 heterocycles. The number of benzene rings is 1. The molecule has 0 fully saturated rings. The zero-order chi connectivity index (χ0) is 12.2. The lowest BCUT2D eigenvalue weighted by Gasteiger charge is -2.20. The second kappa shape index (κ2) is 5.15. The molecule has 0 aromatic heterocycles. The smallest absolute Gasteiger partial charge is 0.224 e. The molecule has 0 radical (unpaired) electrons. The molecule has 1 N–H and O–H groups in total. The number of hydrogen-bond donors (Lipinski definition) is 1. The predicted molar refractivity (Wildman–Crippen MR) is 67.4 cm³/mol. The largest absolute Gasteiger partial charge is 0.351 e. The molecule has 2 heteroatoms. The van der Waals surface area contributed by atoms with Gasteiger partial charge < -0.3 is 5.32 Å². The molecule has 2 nitrogen and oxygen atoms in total. The molecule has 0 aliphatic heterocycles. The van der Waals surface area contributed by atoms with Crippen LogP contribution in [0.25, 0.3) is 0 Å². The van der Waals surface area contributed by atoms with Crippen LogP contribution in [-0.2, 0) is 17.6 Å². The summed E-state index contributed by atoms with van der Waals surface area (Å²) in [5.74, 6) is 0.0803. The molecule has 1 amide bonds. The molecule has 1 rings (SSSR count). The fourth-order valence-corrected chi connectivity index (χ4v) is 1.54. The van der Waals surface area contributed by atoms with Gasteiger partial charge in [0.2, 0.25) is 5.91 Å². The fraction of sp³-hybridized carbons (Fsp3) is 0.500. The van der Waals surface area contributed by atoms with Gasteiger partial charge in [-0.3, -0.25) is 4.79 Å². The minimum atomic E-state index is -0.152. The van der Waals surface area contributed by atoms with E-state index >= 15 is 0 Å². The topological polar surface area (TPSA) is 29.1 Å². The van der Waals surface area contributed by atoms with Crippen LogP contribution in [0, 0.1) is 0 Å². The van der Waals surface area contributed by atoms with Crippen LogP contribution in [0.1, 0.15) is 38.8 Å². The molecule has 1 aromatic rings. The Morgan fingerprint density at radius 2 is 1.62 bits per heavy atom. The lowest BCUT2D eigenvalue weighted by Crippen LogP contribution is -2.41. The maximum absolute atomic E-state index is 11.7. The second-order valence-electron chi connectivity index (χ2n) is 5.15. The van der Waals surface area contributed by atoms with E-state index in [4.69, 9.17) is 0 Å². The monoisotopic (exact) mass is 219 g/mol. The van der Waals surface area contributed by atoms with Crippen LogP contribution in [0.4, 0.5) is 0 Å². The summed E-state index contributed by atoms with van der Waals surface area (Å²) in [7, 11) is 0. The van der Waals surface area contributed by atoms with E-state index in [9.17, 15) is 4.79 Å². The highest BCUT2D eigenvalue weighted by atomic mass is 16.1. The van der Waals surface area contributed by atoms with Crippen molar-refractivity contribution in [3.05, 3.63) is 35.4 Å².